The maximum atomic E-state index is 12.4. The van der Waals surface area contributed by atoms with Crippen LogP contribution in [0.25, 0.3) is 0 Å². The van der Waals surface area contributed by atoms with Crippen molar-refractivity contribution in [3.63, 3.8) is 0 Å². The summed E-state index contributed by atoms with van der Waals surface area (Å²) in [5.41, 5.74) is 5.27. The third-order valence-corrected chi connectivity index (χ3v) is 2.34. The molecule has 0 amide bonds. The summed E-state index contributed by atoms with van der Waals surface area (Å²) >= 11 is 0. The zero-order valence-corrected chi connectivity index (χ0v) is 9.01. The van der Waals surface area contributed by atoms with E-state index in [0.29, 0.717) is 12.2 Å². The van der Waals surface area contributed by atoms with Gasteiger partial charge in [-0.3, -0.25) is 0 Å². The predicted molar refractivity (Wildman–Crippen MR) is 58.2 cm³/mol. The van der Waals surface area contributed by atoms with Gasteiger partial charge in [0, 0.05) is 18.3 Å². The molecule has 5 heteroatoms. The second-order valence-electron chi connectivity index (χ2n) is 3.56. The van der Waals surface area contributed by atoms with E-state index in [1.54, 1.807) is 6.07 Å². The fourth-order valence-electron chi connectivity index (χ4n) is 1.35. The van der Waals surface area contributed by atoms with Gasteiger partial charge in [0.2, 0.25) is 0 Å². The van der Waals surface area contributed by atoms with Gasteiger partial charge in [-0.15, -0.1) is 0 Å². The molecule has 0 spiro atoms. The van der Waals surface area contributed by atoms with Gasteiger partial charge >= 0.3 is 6.18 Å². The van der Waals surface area contributed by atoms with Gasteiger partial charge in [-0.05, 0) is 24.6 Å². The second-order valence-corrected chi connectivity index (χ2v) is 3.56. The average molecular weight is 232 g/mol. The Morgan fingerprint density at radius 3 is 2.56 bits per heavy atom. The van der Waals surface area contributed by atoms with Gasteiger partial charge in [-0.1, -0.05) is 13.0 Å². The van der Waals surface area contributed by atoms with Crippen LogP contribution in [0.1, 0.15) is 18.9 Å². The Kier molecular flexibility index (Phi) is 4.18. The molecular formula is C11H15F3N2. The van der Waals surface area contributed by atoms with E-state index in [4.69, 9.17) is 5.73 Å². The van der Waals surface area contributed by atoms with Gasteiger partial charge in [-0.2, -0.15) is 13.2 Å². The van der Waals surface area contributed by atoms with Crippen molar-refractivity contribution in [3.8, 4) is 0 Å². The molecule has 0 aliphatic heterocycles. The molecule has 0 bridgehead atoms. The number of hydrogen-bond donors (Lipinski definition) is 2. The first-order chi connectivity index (χ1) is 7.47. The van der Waals surface area contributed by atoms with E-state index in [0.717, 1.165) is 18.6 Å². The lowest BCUT2D eigenvalue weighted by atomic mass is 10.1. The van der Waals surface area contributed by atoms with Crippen molar-refractivity contribution in [1.82, 2.24) is 0 Å². The van der Waals surface area contributed by atoms with Crippen LogP contribution in [0.4, 0.5) is 18.9 Å². The molecule has 0 aromatic heterocycles. The van der Waals surface area contributed by atoms with E-state index in [-0.39, 0.29) is 6.04 Å². The number of nitrogens with one attached hydrogen (secondary N) is 1. The van der Waals surface area contributed by atoms with Crippen molar-refractivity contribution in [2.75, 3.05) is 11.9 Å². The van der Waals surface area contributed by atoms with Crippen molar-refractivity contribution in [1.29, 1.82) is 0 Å². The molecule has 1 aromatic rings. The van der Waals surface area contributed by atoms with Gasteiger partial charge < -0.3 is 11.1 Å². The van der Waals surface area contributed by atoms with Crippen LogP contribution in [0, 0.1) is 0 Å². The molecular weight excluding hydrogens is 217 g/mol. The molecule has 0 radical (unpaired) electrons. The lowest BCUT2D eigenvalue weighted by Gasteiger charge is -2.17. The normalized spacial score (nSPS) is 13.6. The first kappa shape index (κ1) is 12.8. The van der Waals surface area contributed by atoms with Crippen molar-refractivity contribution >= 4 is 5.69 Å². The molecule has 0 saturated carbocycles. The van der Waals surface area contributed by atoms with Gasteiger partial charge in [-0.25, -0.2) is 0 Å². The van der Waals surface area contributed by atoms with E-state index in [1.165, 1.54) is 6.07 Å². The first-order valence-electron chi connectivity index (χ1n) is 5.11. The Morgan fingerprint density at radius 2 is 2.06 bits per heavy atom. The van der Waals surface area contributed by atoms with Crippen LogP contribution < -0.4 is 11.1 Å². The lowest BCUT2D eigenvalue weighted by molar-refractivity contribution is -0.137. The summed E-state index contributed by atoms with van der Waals surface area (Å²) < 4.78 is 37.2. The Hall–Kier alpha value is -1.23. The maximum Gasteiger partial charge on any atom is 0.416 e. The number of nitrogens with two attached hydrogens (primary N) is 1. The molecule has 1 unspecified atom stereocenters. The third kappa shape index (κ3) is 3.41. The molecule has 0 aliphatic rings. The highest BCUT2D eigenvalue weighted by atomic mass is 19.4. The molecule has 1 rings (SSSR count). The minimum absolute atomic E-state index is 0.00323. The SMILES string of the molecule is CCC(CN)Nc1cccc(C(F)(F)F)c1. The largest absolute Gasteiger partial charge is 0.416 e. The molecule has 0 saturated heterocycles. The molecule has 1 aromatic carbocycles. The Morgan fingerprint density at radius 1 is 1.38 bits per heavy atom. The molecule has 0 aliphatic carbocycles. The third-order valence-electron chi connectivity index (χ3n) is 2.34. The van der Waals surface area contributed by atoms with Gasteiger partial charge in [0.1, 0.15) is 0 Å². The van der Waals surface area contributed by atoms with Crippen molar-refractivity contribution < 1.29 is 13.2 Å². The molecule has 3 N–H and O–H groups in total. The zero-order chi connectivity index (χ0) is 12.2. The fraction of sp³-hybridized carbons (Fsp3) is 0.455. The van der Waals surface area contributed by atoms with Crippen LogP contribution in [0.5, 0.6) is 0 Å². The Balaban J connectivity index is 2.82. The van der Waals surface area contributed by atoms with E-state index in [9.17, 15) is 13.2 Å². The van der Waals surface area contributed by atoms with Crippen LogP contribution in [-0.2, 0) is 6.18 Å². The number of halogens is 3. The van der Waals surface area contributed by atoms with E-state index >= 15 is 0 Å². The van der Waals surface area contributed by atoms with E-state index in [2.05, 4.69) is 5.32 Å². The topological polar surface area (TPSA) is 38.0 Å². The summed E-state index contributed by atoms with van der Waals surface area (Å²) in [7, 11) is 0. The number of anilines is 1. The summed E-state index contributed by atoms with van der Waals surface area (Å²) in [6.45, 7) is 2.32. The molecule has 0 fully saturated rings. The van der Waals surface area contributed by atoms with Crippen molar-refractivity contribution in [2.24, 2.45) is 5.73 Å². The summed E-state index contributed by atoms with van der Waals surface area (Å²) in [6, 6.07) is 5.14. The highest BCUT2D eigenvalue weighted by Gasteiger charge is 2.30. The number of rotatable bonds is 4. The monoisotopic (exact) mass is 232 g/mol. The van der Waals surface area contributed by atoms with Crippen LogP contribution in [-0.4, -0.2) is 12.6 Å². The summed E-state index contributed by atoms with van der Waals surface area (Å²) in [6.07, 6.45) is -3.53. The smallest absolute Gasteiger partial charge is 0.381 e. The quantitative estimate of drug-likeness (QED) is 0.837. The number of benzene rings is 1. The lowest BCUT2D eigenvalue weighted by Crippen LogP contribution is -2.27. The Labute approximate surface area is 92.6 Å². The highest BCUT2D eigenvalue weighted by molar-refractivity contribution is 5.47. The number of alkyl halides is 3. The summed E-state index contributed by atoms with van der Waals surface area (Å²) in [5, 5.41) is 2.97. The Bertz CT molecular complexity index is 332. The van der Waals surface area contributed by atoms with Crippen LogP contribution >= 0.6 is 0 Å². The summed E-state index contributed by atoms with van der Waals surface area (Å²) in [4.78, 5) is 0. The van der Waals surface area contributed by atoms with Crippen molar-refractivity contribution in [3.05, 3.63) is 29.8 Å². The van der Waals surface area contributed by atoms with Gasteiger partial charge in [0.15, 0.2) is 0 Å². The van der Waals surface area contributed by atoms with Gasteiger partial charge in [0.05, 0.1) is 5.56 Å². The van der Waals surface area contributed by atoms with Crippen LogP contribution in [0.2, 0.25) is 0 Å². The zero-order valence-electron chi connectivity index (χ0n) is 9.01. The predicted octanol–water partition coefficient (Wildman–Crippen LogP) is 2.85. The van der Waals surface area contributed by atoms with Gasteiger partial charge in [0.25, 0.3) is 0 Å². The number of hydrogen-bond acceptors (Lipinski definition) is 2. The van der Waals surface area contributed by atoms with Crippen molar-refractivity contribution in [2.45, 2.75) is 25.6 Å². The summed E-state index contributed by atoms with van der Waals surface area (Å²) in [5.74, 6) is 0. The second kappa shape index (κ2) is 5.21. The molecule has 90 valence electrons. The maximum absolute atomic E-state index is 12.4. The highest BCUT2D eigenvalue weighted by Crippen LogP contribution is 2.30. The molecule has 0 heterocycles. The van der Waals surface area contributed by atoms with E-state index in [1.807, 2.05) is 6.92 Å². The average Bonchev–Trinajstić information content (AvgIpc) is 2.25. The molecule has 1 atom stereocenters. The molecule has 2 nitrogen and oxygen atoms in total. The first-order valence-corrected chi connectivity index (χ1v) is 5.11. The van der Waals surface area contributed by atoms with Crippen LogP contribution in [0.15, 0.2) is 24.3 Å². The van der Waals surface area contributed by atoms with E-state index < -0.39 is 11.7 Å². The standard InChI is InChI=1S/C11H15F3N2/c1-2-9(7-15)16-10-5-3-4-8(6-10)11(12,13)14/h3-6,9,16H,2,7,15H2,1H3. The van der Waals surface area contributed by atoms with Crippen LogP contribution in [0.3, 0.4) is 0 Å². The molecule has 16 heavy (non-hydrogen) atoms. The minimum atomic E-state index is -4.30. The minimum Gasteiger partial charge on any atom is -0.381 e. The fourth-order valence-corrected chi connectivity index (χ4v) is 1.35.